The third-order valence-electron chi connectivity index (χ3n) is 7.09. The SMILES string of the molecule is Nc1nc(CC2CCN(C(=O)Oc3ccc(Cl)c(Cl)c3)CC2)nc2c1ncn2CO[C@H](C(=O)NC1CC1)C(O)CO. The molecule has 15 heteroatoms. The van der Waals surface area contributed by atoms with Crippen LogP contribution in [0.3, 0.4) is 0 Å². The average molecular weight is 608 g/mol. The van der Waals surface area contributed by atoms with Gasteiger partial charge in [-0.25, -0.2) is 19.7 Å². The van der Waals surface area contributed by atoms with Crippen molar-refractivity contribution in [1.29, 1.82) is 0 Å². The molecule has 41 heavy (non-hydrogen) atoms. The zero-order valence-corrected chi connectivity index (χ0v) is 23.6. The number of benzene rings is 1. The first kappa shape index (κ1) is 29.3. The molecule has 3 heterocycles. The highest BCUT2D eigenvalue weighted by Gasteiger charge is 2.32. The van der Waals surface area contributed by atoms with Crippen LogP contribution in [0.5, 0.6) is 5.75 Å². The van der Waals surface area contributed by atoms with Crippen LogP contribution in [-0.4, -0.2) is 84.6 Å². The predicted molar refractivity (Wildman–Crippen MR) is 149 cm³/mol. The fourth-order valence-electron chi connectivity index (χ4n) is 4.61. The summed E-state index contributed by atoms with van der Waals surface area (Å²) in [5, 5.41) is 23.0. The summed E-state index contributed by atoms with van der Waals surface area (Å²) in [6, 6.07) is 4.73. The van der Waals surface area contributed by atoms with Gasteiger partial charge in [0.05, 0.1) is 23.0 Å². The van der Waals surface area contributed by atoms with Gasteiger partial charge in [-0.15, -0.1) is 0 Å². The van der Waals surface area contributed by atoms with Gasteiger partial charge in [0, 0.05) is 31.6 Å². The maximum atomic E-state index is 12.6. The second-order valence-corrected chi connectivity index (χ2v) is 11.1. The van der Waals surface area contributed by atoms with E-state index in [1.807, 2.05) is 0 Å². The van der Waals surface area contributed by atoms with E-state index in [1.165, 1.54) is 12.4 Å². The van der Waals surface area contributed by atoms with Crippen molar-refractivity contribution in [3.8, 4) is 5.75 Å². The quantitative estimate of drug-likeness (QED) is 0.267. The van der Waals surface area contributed by atoms with Crippen LogP contribution < -0.4 is 15.8 Å². The standard InChI is InChI=1S/C26H31Cl2N7O6/c27-17-4-3-16(10-18(17)28)41-26(39)34-7-5-14(6-8-34)9-20-32-23(29)21-24(33-20)35(12-30-21)13-40-22(19(37)11-36)25(38)31-15-1-2-15/h3-4,10,12,14-15,19,22,36-37H,1-2,5-9,11,13H2,(H,31,38)(H2,29,32,33)/t19?,22-/m0/s1. The number of carbonyl (C=O) groups excluding carboxylic acids is 2. The minimum absolute atomic E-state index is 0.0729. The van der Waals surface area contributed by atoms with Crippen LogP contribution in [0, 0.1) is 5.92 Å². The predicted octanol–water partition coefficient (Wildman–Crippen LogP) is 2.14. The van der Waals surface area contributed by atoms with Crippen molar-refractivity contribution in [1.82, 2.24) is 29.7 Å². The molecule has 0 spiro atoms. The highest BCUT2D eigenvalue weighted by atomic mass is 35.5. The fourth-order valence-corrected chi connectivity index (χ4v) is 4.90. The molecule has 13 nitrogen and oxygen atoms in total. The van der Waals surface area contributed by atoms with E-state index in [1.54, 1.807) is 21.6 Å². The Kier molecular flexibility index (Phi) is 9.09. The van der Waals surface area contributed by atoms with Gasteiger partial charge >= 0.3 is 6.09 Å². The summed E-state index contributed by atoms with van der Waals surface area (Å²) in [6.07, 6.45) is 2.10. The van der Waals surface area contributed by atoms with Crippen molar-refractivity contribution < 1.29 is 29.3 Å². The van der Waals surface area contributed by atoms with Crippen molar-refractivity contribution in [2.24, 2.45) is 5.92 Å². The zero-order chi connectivity index (χ0) is 29.1. The van der Waals surface area contributed by atoms with Crippen molar-refractivity contribution in [2.45, 2.75) is 57.1 Å². The average Bonchev–Trinajstić information content (AvgIpc) is 3.67. The monoisotopic (exact) mass is 607 g/mol. The molecule has 5 rings (SSSR count). The molecule has 2 aliphatic rings. The molecule has 2 fully saturated rings. The number of nitrogens with two attached hydrogens (primary N) is 1. The van der Waals surface area contributed by atoms with Gasteiger partial charge in [-0.05, 0) is 43.7 Å². The Balaban J connectivity index is 1.19. The third-order valence-corrected chi connectivity index (χ3v) is 7.83. The van der Waals surface area contributed by atoms with E-state index in [-0.39, 0.29) is 24.5 Å². The number of imidazole rings is 1. The number of fused-ring (bicyclic) bond motifs is 1. The first-order valence-electron chi connectivity index (χ1n) is 13.3. The number of rotatable bonds is 10. The first-order chi connectivity index (χ1) is 19.7. The van der Waals surface area contributed by atoms with E-state index in [0.29, 0.717) is 52.3 Å². The van der Waals surface area contributed by atoms with Crippen molar-refractivity contribution >= 4 is 52.2 Å². The number of nitrogen functional groups attached to an aromatic ring is 1. The summed E-state index contributed by atoms with van der Waals surface area (Å²) < 4.78 is 12.7. The Morgan fingerprint density at radius 3 is 2.59 bits per heavy atom. The van der Waals surface area contributed by atoms with Crippen LogP contribution in [0.2, 0.25) is 10.0 Å². The maximum absolute atomic E-state index is 12.6. The van der Waals surface area contributed by atoms with Crippen LogP contribution in [0.15, 0.2) is 24.5 Å². The molecule has 1 saturated carbocycles. The Hall–Kier alpha value is -3.23. The van der Waals surface area contributed by atoms with Crippen LogP contribution in [-0.2, 0) is 22.7 Å². The Labute approximate surface area is 245 Å². The van der Waals surface area contributed by atoms with Gasteiger partial charge in [0.25, 0.3) is 5.91 Å². The number of nitrogens with zero attached hydrogens (tertiary/aromatic N) is 5. The minimum Gasteiger partial charge on any atom is -0.410 e. The summed E-state index contributed by atoms with van der Waals surface area (Å²) in [4.78, 5) is 40.1. The van der Waals surface area contributed by atoms with Gasteiger partial charge in [0.1, 0.15) is 29.9 Å². The number of carbonyl (C=O) groups is 2. The van der Waals surface area contributed by atoms with Crippen LogP contribution in [0.4, 0.5) is 10.6 Å². The summed E-state index contributed by atoms with van der Waals surface area (Å²) in [5.41, 5.74) is 6.99. The second-order valence-electron chi connectivity index (χ2n) is 10.2. The molecular weight excluding hydrogens is 577 g/mol. The number of amides is 2. The Morgan fingerprint density at radius 1 is 1.15 bits per heavy atom. The van der Waals surface area contributed by atoms with Crippen molar-refractivity contribution in [2.75, 3.05) is 25.4 Å². The molecular formula is C26H31Cl2N7O6. The molecule has 1 aliphatic heterocycles. The summed E-state index contributed by atoms with van der Waals surface area (Å²) in [6.45, 7) is 0.238. The molecule has 0 radical (unpaired) electrons. The van der Waals surface area contributed by atoms with E-state index in [2.05, 4.69) is 20.3 Å². The first-order valence-corrected chi connectivity index (χ1v) is 14.1. The number of aliphatic hydroxyl groups is 2. The number of halogens is 2. The summed E-state index contributed by atoms with van der Waals surface area (Å²) in [7, 11) is 0. The lowest BCUT2D eigenvalue weighted by molar-refractivity contribution is -0.147. The van der Waals surface area contributed by atoms with Crippen molar-refractivity contribution in [3.63, 3.8) is 0 Å². The number of likely N-dealkylation sites (tertiary alicyclic amines) is 1. The third kappa shape index (κ3) is 7.16. The number of aliphatic hydroxyl groups excluding tert-OH is 2. The minimum atomic E-state index is -1.38. The Morgan fingerprint density at radius 2 is 1.90 bits per heavy atom. The molecule has 1 unspecified atom stereocenters. The van der Waals surface area contributed by atoms with Crippen molar-refractivity contribution in [3.05, 3.63) is 40.4 Å². The fraction of sp³-hybridized carbons (Fsp3) is 0.500. The molecule has 0 bridgehead atoms. The highest BCUT2D eigenvalue weighted by molar-refractivity contribution is 6.42. The van der Waals surface area contributed by atoms with Gasteiger partial charge in [-0.2, -0.15) is 0 Å². The van der Waals surface area contributed by atoms with E-state index >= 15 is 0 Å². The van der Waals surface area contributed by atoms with Gasteiger partial charge < -0.3 is 35.6 Å². The number of hydrogen-bond donors (Lipinski definition) is 4. The van der Waals surface area contributed by atoms with Crippen LogP contribution in [0.25, 0.3) is 11.2 Å². The number of ether oxygens (including phenoxy) is 2. The maximum Gasteiger partial charge on any atom is 0.415 e. The van der Waals surface area contributed by atoms with Gasteiger partial charge in [0.2, 0.25) is 0 Å². The summed E-state index contributed by atoms with van der Waals surface area (Å²) in [5.74, 6) is 0.783. The molecule has 2 amide bonds. The lowest BCUT2D eigenvalue weighted by Crippen LogP contribution is -2.46. The highest BCUT2D eigenvalue weighted by Crippen LogP contribution is 2.28. The number of anilines is 1. The van der Waals surface area contributed by atoms with Crippen LogP contribution >= 0.6 is 23.2 Å². The van der Waals surface area contributed by atoms with E-state index in [4.69, 9.17) is 38.4 Å². The number of nitrogens with one attached hydrogen (secondary N) is 1. The van der Waals surface area contributed by atoms with Crippen LogP contribution in [0.1, 0.15) is 31.5 Å². The molecule has 1 saturated heterocycles. The van der Waals surface area contributed by atoms with Gasteiger partial charge in [0.15, 0.2) is 17.6 Å². The van der Waals surface area contributed by atoms with Gasteiger partial charge in [-0.3, -0.25) is 9.36 Å². The number of piperidine rings is 1. The molecule has 3 aromatic rings. The molecule has 220 valence electrons. The summed E-state index contributed by atoms with van der Waals surface area (Å²) >= 11 is 11.9. The van der Waals surface area contributed by atoms with Gasteiger partial charge in [-0.1, -0.05) is 23.2 Å². The largest absolute Gasteiger partial charge is 0.415 e. The zero-order valence-electron chi connectivity index (χ0n) is 22.1. The second kappa shape index (κ2) is 12.7. The lowest BCUT2D eigenvalue weighted by atomic mass is 9.93. The van der Waals surface area contributed by atoms with E-state index < -0.39 is 30.8 Å². The van der Waals surface area contributed by atoms with E-state index in [9.17, 15) is 19.8 Å². The molecule has 2 aromatic heterocycles. The van der Waals surface area contributed by atoms with E-state index in [0.717, 1.165) is 25.7 Å². The molecule has 2 atom stereocenters. The smallest absolute Gasteiger partial charge is 0.410 e. The topological polar surface area (TPSA) is 178 Å². The molecule has 1 aliphatic carbocycles. The number of aromatic nitrogens is 4. The molecule has 1 aromatic carbocycles. The normalized spacial score (nSPS) is 17.4. The lowest BCUT2D eigenvalue weighted by Gasteiger charge is -2.31. The number of hydrogen-bond acceptors (Lipinski definition) is 10. The molecule has 5 N–H and O–H groups in total. The Bertz CT molecular complexity index is 1410.